The Morgan fingerprint density at radius 3 is 2.45 bits per heavy atom. The molecule has 4 fully saturated rings. The van der Waals surface area contributed by atoms with Gasteiger partial charge in [-0.1, -0.05) is 0 Å². The van der Waals surface area contributed by atoms with Crippen molar-refractivity contribution >= 4 is 5.91 Å². The third kappa shape index (κ3) is 2.57. The van der Waals surface area contributed by atoms with Gasteiger partial charge in [0, 0.05) is 18.9 Å². The summed E-state index contributed by atoms with van der Waals surface area (Å²) >= 11 is 0. The standard InChI is InChI=1S/C18H27N3O/c1-13(21-5-4-19-12-21)17(22)20-3-2-18-9-14-6-15(10-18)8-16(7-14)11-18/h4-5,12-16H,2-3,6-11H2,1H3,(H,20,22)/t13-,14?,15?,16?,18?/m0/s1. The molecule has 4 saturated carbocycles. The van der Waals surface area contributed by atoms with Gasteiger partial charge in [0.2, 0.25) is 5.91 Å². The van der Waals surface area contributed by atoms with Crippen LogP contribution in [0, 0.1) is 23.2 Å². The van der Waals surface area contributed by atoms with Crippen molar-refractivity contribution in [2.75, 3.05) is 6.54 Å². The van der Waals surface area contributed by atoms with Gasteiger partial charge in [-0.2, -0.15) is 0 Å². The quantitative estimate of drug-likeness (QED) is 0.908. The number of hydrogen-bond donors (Lipinski definition) is 1. The number of amides is 1. The lowest BCUT2D eigenvalue weighted by molar-refractivity contribution is -0.124. The van der Waals surface area contributed by atoms with Crippen molar-refractivity contribution < 1.29 is 4.79 Å². The summed E-state index contributed by atoms with van der Waals surface area (Å²) in [7, 11) is 0. The molecular formula is C18H27N3O. The maximum absolute atomic E-state index is 12.3. The largest absolute Gasteiger partial charge is 0.354 e. The Kier molecular flexibility index (Phi) is 3.50. The maximum atomic E-state index is 12.3. The lowest BCUT2D eigenvalue weighted by Gasteiger charge is -2.57. The highest BCUT2D eigenvalue weighted by Crippen LogP contribution is 2.61. The first kappa shape index (κ1) is 14.3. The molecule has 0 radical (unpaired) electrons. The Morgan fingerprint density at radius 1 is 1.27 bits per heavy atom. The molecule has 4 aliphatic rings. The Bertz CT molecular complexity index is 501. The van der Waals surface area contributed by atoms with Crippen LogP contribution >= 0.6 is 0 Å². The summed E-state index contributed by atoms with van der Waals surface area (Å²) in [6.07, 6.45) is 15.2. The van der Waals surface area contributed by atoms with Crippen molar-refractivity contribution in [1.82, 2.24) is 14.9 Å². The van der Waals surface area contributed by atoms with E-state index < -0.39 is 0 Å². The van der Waals surface area contributed by atoms with E-state index in [9.17, 15) is 4.79 Å². The fourth-order valence-corrected chi connectivity index (χ4v) is 5.83. The van der Waals surface area contributed by atoms with Gasteiger partial charge in [-0.05, 0) is 75.0 Å². The molecule has 1 aromatic heterocycles. The molecule has 0 spiro atoms. The van der Waals surface area contributed by atoms with Gasteiger partial charge in [0.05, 0.1) is 6.33 Å². The van der Waals surface area contributed by atoms with E-state index in [1.54, 1.807) is 12.5 Å². The third-order valence-corrected chi connectivity index (χ3v) is 6.47. The van der Waals surface area contributed by atoms with Gasteiger partial charge in [0.25, 0.3) is 0 Å². The molecule has 1 atom stereocenters. The van der Waals surface area contributed by atoms with E-state index in [0.717, 1.165) is 24.3 Å². The van der Waals surface area contributed by atoms with Gasteiger partial charge in [-0.25, -0.2) is 4.98 Å². The summed E-state index contributed by atoms with van der Waals surface area (Å²) < 4.78 is 1.86. The minimum absolute atomic E-state index is 0.114. The molecule has 0 unspecified atom stereocenters. The average molecular weight is 301 g/mol. The lowest BCUT2D eigenvalue weighted by Crippen LogP contribution is -2.47. The van der Waals surface area contributed by atoms with Crippen LogP contribution in [0.3, 0.4) is 0 Å². The van der Waals surface area contributed by atoms with Crippen molar-refractivity contribution in [3.8, 4) is 0 Å². The summed E-state index contributed by atoms with van der Waals surface area (Å²) in [6.45, 7) is 2.77. The topological polar surface area (TPSA) is 46.9 Å². The van der Waals surface area contributed by atoms with Crippen LogP contribution in [0.1, 0.15) is 57.9 Å². The Balaban J connectivity index is 1.31. The SMILES string of the molecule is C[C@@H](C(=O)NCCC12CC3CC(CC(C3)C1)C2)n1ccnc1. The van der Waals surface area contributed by atoms with Crippen molar-refractivity contribution in [1.29, 1.82) is 0 Å². The zero-order valence-corrected chi connectivity index (χ0v) is 13.5. The van der Waals surface area contributed by atoms with Crippen LogP contribution in [-0.4, -0.2) is 22.0 Å². The number of carbonyl (C=O) groups is 1. The second-order valence-electron chi connectivity index (χ2n) is 8.14. The molecule has 5 rings (SSSR count). The number of nitrogens with zero attached hydrogens (tertiary/aromatic N) is 2. The van der Waals surface area contributed by atoms with Crippen molar-refractivity contribution in [3.05, 3.63) is 18.7 Å². The van der Waals surface area contributed by atoms with Crippen molar-refractivity contribution in [2.45, 2.75) is 57.9 Å². The monoisotopic (exact) mass is 301 g/mol. The van der Waals surface area contributed by atoms with E-state index in [-0.39, 0.29) is 11.9 Å². The normalized spacial score (nSPS) is 37.2. The number of carbonyl (C=O) groups excluding carboxylic acids is 1. The Hall–Kier alpha value is -1.32. The summed E-state index contributed by atoms with van der Waals surface area (Å²) in [5.74, 6) is 3.09. The highest BCUT2D eigenvalue weighted by molar-refractivity contribution is 5.79. The van der Waals surface area contributed by atoms with Crippen molar-refractivity contribution in [2.24, 2.45) is 23.2 Å². The fraction of sp³-hybridized carbons (Fsp3) is 0.778. The fourth-order valence-electron chi connectivity index (χ4n) is 5.83. The molecule has 0 aromatic carbocycles. The molecule has 1 N–H and O–H groups in total. The predicted molar refractivity (Wildman–Crippen MR) is 85.2 cm³/mol. The minimum Gasteiger partial charge on any atom is -0.354 e. The molecule has 0 saturated heterocycles. The van der Waals surface area contributed by atoms with Gasteiger partial charge < -0.3 is 9.88 Å². The van der Waals surface area contributed by atoms with Crippen LogP contribution in [0.2, 0.25) is 0 Å². The van der Waals surface area contributed by atoms with E-state index in [4.69, 9.17) is 0 Å². The molecule has 4 nitrogen and oxygen atoms in total. The van der Waals surface area contributed by atoms with Crippen LogP contribution in [0.4, 0.5) is 0 Å². The molecular weight excluding hydrogens is 274 g/mol. The minimum atomic E-state index is -0.168. The number of hydrogen-bond acceptors (Lipinski definition) is 2. The number of aromatic nitrogens is 2. The first-order valence-corrected chi connectivity index (χ1v) is 8.89. The summed E-state index contributed by atoms with van der Waals surface area (Å²) in [6, 6.07) is -0.168. The van der Waals surface area contributed by atoms with E-state index in [2.05, 4.69) is 10.3 Å². The first-order valence-electron chi connectivity index (χ1n) is 8.89. The zero-order valence-electron chi connectivity index (χ0n) is 13.5. The molecule has 22 heavy (non-hydrogen) atoms. The first-order chi connectivity index (χ1) is 10.6. The molecule has 4 heteroatoms. The summed E-state index contributed by atoms with van der Waals surface area (Å²) in [4.78, 5) is 16.3. The summed E-state index contributed by atoms with van der Waals surface area (Å²) in [5.41, 5.74) is 0.556. The van der Waals surface area contributed by atoms with E-state index in [0.29, 0.717) is 5.41 Å². The van der Waals surface area contributed by atoms with Gasteiger partial charge in [-0.15, -0.1) is 0 Å². The Morgan fingerprint density at radius 2 is 1.91 bits per heavy atom. The molecule has 1 amide bonds. The number of rotatable bonds is 5. The van der Waals surface area contributed by atoms with Gasteiger partial charge in [-0.3, -0.25) is 4.79 Å². The Labute approximate surface area is 132 Å². The van der Waals surface area contributed by atoms with Gasteiger partial charge in [0.1, 0.15) is 6.04 Å². The molecule has 4 aliphatic carbocycles. The van der Waals surface area contributed by atoms with Crippen LogP contribution in [-0.2, 0) is 4.79 Å². The highest BCUT2D eigenvalue weighted by Gasteiger charge is 2.50. The predicted octanol–water partition coefficient (Wildman–Crippen LogP) is 3.17. The highest BCUT2D eigenvalue weighted by atomic mass is 16.2. The molecule has 120 valence electrons. The number of nitrogens with one attached hydrogen (secondary N) is 1. The zero-order chi connectivity index (χ0) is 15.2. The smallest absolute Gasteiger partial charge is 0.242 e. The second kappa shape index (κ2) is 5.39. The van der Waals surface area contributed by atoms with Crippen LogP contribution < -0.4 is 5.32 Å². The van der Waals surface area contributed by atoms with E-state index in [1.165, 1.54) is 44.9 Å². The number of imidazole rings is 1. The summed E-state index contributed by atoms with van der Waals surface area (Å²) in [5, 5.41) is 3.16. The van der Waals surface area contributed by atoms with E-state index in [1.807, 2.05) is 17.7 Å². The van der Waals surface area contributed by atoms with Crippen molar-refractivity contribution in [3.63, 3.8) is 0 Å². The van der Waals surface area contributed by atoms with Crippen LogP contribution in [0.25, 0.3) is 0 Å². The lowest BCUT2D eigenvalue weighted by atomic mass is 9.49. The molecule has 1 heterocycles. The van der Waals surface area contributed by atoms with Gasteiger partial charge in [0.15, 0.2) is 0 Å². The van der Waals surface area contributed by atoms with Crippen LogP contribution in [0.5, 0.6) is 0 Å². The molecule has 4 bridgehead atoms. The third-order valence-electron chi connectivity index (χ3n) is 6.47. The molecule has 1 aromatic rings. The average Bonchev–Trinajstić information content (AvgIpc) is 2.98. The van der Waals surface area contributed by atoms with Gasteiger partial charge >= 0.3 is 0 Å². The van der Waals surface area contributed by atoms with Crippen LogP contribution in [0.15, 0.2) is 18.7 Å². The molecule has 0 aliphatic heterocycles. The van der Waals surface area contributed by atoms with E-state index >= 15 is 0 Å². The second-order valence-corrected chi connectivity index (χ2v) is 8.14. The maximum Gasteiger partial charge on any atom is 0.242 e.